The fourth-order valence-electron chi connectivity index (χ4n) is 3.49. The average Bonchev–Trinajstić information content (AvgIpc) is 3.14. The minimum atomic E-state index is -0.740. The Balaban J connectivity index is 1.67. The molecule has 3 rings (SSSR count). The van der Waals surface area contributed by atoms with Gasteiger partial charge in [-0.25, -0.2) is 9.18 Å². The largest absolute Gasteiger partial charge is 0.485 e. The molecule has 1 aliphatic heterocycles. The van der Waals surface area contributed by atoms with Crippen LogP contribution in [0, 0.1) is 12.7 Å². The Bertz CT molecular complexity index is 904. The maximum atomic E-state index is 13.9. The molecule has 1 heterocycles. The number of methoxy groups -OCH3 is 1. The summed E-state index contributed by atoms with van der Waals surface area (Å²) in [7, 11) is 1.28. The molecule has 2 unspecified atom stereocenters. The summed E-state index contributed by atoms with van der Waals surface area (Å²) in [6.07, 6.45) is 0.533. The second-order valence-corrected chi connectivity index (χ2v) is 7.48. The Morgan fingerprint density at radius 2 is 2.00 bits per heavy atom. The predicted octanol–water partition coefficient (Wildman–Crippen LogP) is 3.94. The van der Waals surface area contributed by atoms with Crippen molar-refractivity contribution < 1.29 is 23.5 Å². The van der Waals surface area contributed by atoms with Crippen molar-refractivity contribution >= 4 is 23.5 Å². The van der Waals surface area contributed by atoms with Crippen LogP contribution in [-0.2, 0) is 20.7 Å². The van der Waals surface area contributed by atoms with Crippen molar-refractivity contribution in [1.29, 1.82) is 0 Å². The van der Waals surface area contributed by atoms with Gasteiger partial charge in [0, 0.05) is 17.9 Å². The van der Waals surface area contributed by atoms with Crippen LogP contribution in [0.4, 0.5) is 4.39 Å². The molecule has 1 saturated heterocycles. The number of esters is 1. The van der Waals surface area contributed by atoms with Crippen LogP contribution in [0.3, 0.4) is 0 Å². The second-order valence-electron chi connectivity index (χ2n) is 7.07. The zero-order chi connectivity index (χ0) is 21.0. The van der Waals surface area contributed by atoms with Gasteiger partial charge in [-0.2, -0.15) is 0 Å². The molecule has 1 amide bonds. The monoisotopic (exact) mass is 419 g/mol. The van der Waals surface area contributed by atoms with Gasteiger partial charge in [-0.15, -0.1) is 0 Å². The number of aryl methyl sites for hydroxylation is 2. The summed E-state index contributed by atoms with van der Waals surface area (Å²) in [6.45, 7) is 2.11. The fourth-order valence-corrected chi connectivity index (χ4v) is 3.61. The van der Waals surface area contributed by atoms with Crippen molar-refractivity contribution in [2.45, 2.75) is 38.3 Å². The molecule has 0 bridgehead atoms. The maximum absolute atomic E-state index is 13.9. The number of nitrogens with zero attached hydrogens (tertiary/aromatic N) is 1. The van der Waals surface area contributed by atoms with E-state index >= 15 is 0 Å². The quantitative estimate of drug-likeness (QED) is 0.665. The molecule has 2 atom stereocenters. The molecule has 0 aliphatic carbocycles. The van der Waals surface area contributed by atoms with E-state index in [4.69, 9.17) is 21.1 Å². The highest BCUT2D eigenvalue weighted by Crippen LogP contribution is 2.26. The van der Waals surface area contributed by atoms with Crippen molar-refractivity contribution in [1.82, 2.24) is 4.90 Å². The predicted molar refractivity (Wildman–Crippen MR) is 107 cm³/mol. The molecule has 0 spiro atoms. The van der Waals surface area contributed by atoms with E-state index < -0.39 is 23.9 Å². The number of para-hydroxylation sites is 1. The van der Waals surface area contributed by atoms with Crippen molar-refractivity contribution in [2.75, 3.05) is 13.7 Å². The highest BCUT2D eigenvalue weighted by atomic mass is 35.5. The Kier molecular flexibility index (Phi) is 6.75. The molecule has 5 nitrogen and oxygen atoms in total. The zero-order valence-electron chi connectivity index (χ0n) is 16.4. The first-order chi connectivity index (χ1) is 13.9. The number of hydrogen-bond acceptors (Lipinski definition) is 4. The van der Waals surface area contributed by atoms with E-state index in [0.717, 1.165) is 11.1 Å². The summed E-state index contributed by atoms with van der Waals surface area (Å²) < 4.78 is 24.4. The fraction of sp³-hybridized carbons (Fsp3) is 0.364. The smallest absolute Gasteiger partial charge is 0.328 e. The molecule has 154 valence electrons. The molecular weight excluding hydrogens is 397 g/mol. The van der Waals surface area contributed by atoms with Crippen molar-refractivity contribution in [2.24, 2.45) is 0 Å². The Labute approximate surface area is 174 Å². The summed E-state index contributed by atoms with van der Waals surface area (Å²) in [6, 6.07) is 11.0. The Morgan fingerprint density at radius 3 is 2.69 bits per heavy atom. The minimum Gasteiger partial charge on any atom is -0.485 e. The number of amides is 1. The third-order valence-electron chi connectivity index (χ3n) is 5.04. The molecule has 7 heteroatoms. The lowest BCUT2D eigenvalue weighted by Crippen LogP contribution is -2.41. The molecule has 29 heavy (non-hydrogen) atoms. The van der Waals surface area contributed by atoms with E-state index in [1.807, 2.05) is 25.1 Å². The van der Waals surface area contributed by atoms with Gasteiger partial charge < -0.3 is 14.4 Å². The Morgan fingerprint density at radius 1 is 1.24 bits per heavy atom. The van der Waals surface area contributed by atoms with Gasteiger partial charge in [0.2, 0.25) is 5.91 Å². The molecule has 0 radical (unpaired) electrons. The summed E-state index contributed by atoms with van der Waals surface area (Å²) in [5.41, 5.74) is 1.94. The van der Waals surface area contributed by atoms with E-state index in [2.05, 4.69) is 0 Å². The Hall–Kier alpha value is -2.60. The first-order valence-corrected chi connectivity index (χ1v) is 9.80. The number of ether oxygens (including phenoxy) is 2. The van der Waals surface area contributed by atoms with Crippen LogP contribution in [-0.4, -0.2) is 42.6 Å². The van der Waals surface area contributed by atoms with Gasteiger partial charge in [-0.3, -0.25) is 4.79 Å². The van der Waals surface area contributed by atoms with Crippen LogP contribution in [0.25, 0.3) is 0 Å². The molecule has 0 saturated carbocycles. The number of carbonyl (C=O) groups is 2. The minimum absolute atomic E-state index is 0.104. The van der Waals surface area contributed by atoms with E-state index in [1.165, 1.54) is 24.1 Å². The van der Waals surface area contributed by atoms with E-state index in [1.54, 1.807) is 12.1 Å². The van der Waals surface area contributed by atoms with Gasteiger partial charge >= 0.3 is 5.97 Å². The van der Waals surface area contributed by atoms with E-state index in [9.17, 15) is 14.0 Å². The lowest BCUT2D eigenvalue weighted by atomic mass is 10.1. The standard InChI is InChI=1S/C22H23ClFNO4/c1-14-11-15(7-9-17(14)23)8-10-21(26)25-13-16(12-19(25)22(27)28-2)29-20-6-4-3-5-18(20)24/h3-7,9,11,16,19H,8,10,12-13H2,1-2H3. The second kappa shape index (κ2) is 9.27. The molecule has 1 aliphatic rings. The van der Waals surface area contributed by atoms with Crippen LogP contribution in [0.15, 0.2) is 42.5 Å². The molecule has 2 aromatic rings. The summed E-state index contributed by atoms with van der Waals surface area (Å²) >= 11 is 6.04. The van der Waals surface area contributed by atoms with Gasteiger partial charge in [-0.1, -0.05) is 35.9 Å². The van der Waals surface area contributed by atoms with E-state index in [0.29, 0.717) is 11.4 Å². The average molecular weight is 420 g/mol. The van der Waals surface area contributed by atoms with Gasteiger partial charge in [-0.05, 0) is 42.7 Å². The van der Waals surface area contributed by atoms with Crippen LogP contribution < -0.4 is 4.74 Å². The maximum Gasteiger partial charge on any atom is 0.328 e. The molecule has 0 aromatic heterocycles. The number of benzene rings is 2. The molecule has 0 N–H and O–H groups in total. The topological polar surface area (TPSA) is 55.8 Å². The SMILES string of the molecule is COC(=O)C1CC(Oc2ccccc2F)CN1C(=O)CCc1ccc(Cl)c(C)c1. The number of hydrogen-bond donors (Lipinski definition) is 0. The summed E-state index contributed by atoms with van der Waals surface area (Å²) in [5.74, 6) is -1.05. The number of carbonyl (C=O) groups excluding carboxylic acids is 2. The summed E-state index contributed by atoms with van der Waals surface area (Å²) in [5, 5.41) is 0.679. The van der Waals surface area contributed by atoms with Gasteiger partial charge in [0.15, 0.2) is 11.6 Å². The lowest BCUT2D eigenvalue weighted by molar-refractivity contribution is -0.150. The molecule has 2 aromatic carbocycles. The molecular formula is C22H23ClFNO4. The van der Waals surface area contributed by atoms with Crippen molar-refractivity contribution in [3.63, 3.8) is 0 Å². The summed E-state index contributed by atoms with van der Waals surface area (Å²) in [4.78, 5) is 26.5. The highest BCUT2D eigenvalue weighted by Gasteiger charge is 2.41. The third kappa shape index (κ3) is 5.07. The van der Waals surface area contributed by atoms with Crippen molar-refractivity contribution in [3.05, 3.63) is 64.4 Å². The highest BCUT2D eigenvalue weighted by molar-refractivity contribution is 6.31. The zero-order valence-corrected chi connectivity index (χ0v) is 17.1. The first kappa shape index (κ1) is 21.1. The third-order valence-corrected chi connectivity index (χ3v) is 5.46. The normalized spacial score (nSPS) is 18.6. The number of likely N-dealkylation sites (tertiary alicyclic amines) is 1. The lowest BCUT2D eigenvalue weighted by Gasteiger charge is -2.22. The van der Waals surface area contributed by atoms with E-state index in [-0.39, 0.29) is 31.0 Å². The van der Waals surface area contributed by atoms with Crippen LogP contribution in [0.5, 0.6) is 5.75 Å². The first-order valence-electron chi connectivity index (χ1n) is 9.42. The van der Waals surface area contributed by atoms with Crippen LogP contribution >= 0.6 is 11.6 Å². The molecule has 1 fully saturated rings. The van der Waals surface area contributed by atoms with Crippen LogP contribution in [0.2, 0.25) is 5.02 Å². The van der Waals surface area contributed by atoms with Gasteiger partial charge in [0.05, 0.1) is 13.7 Å². The number of rotatable bonds is 6. The van der Waals surface area contributed by atoms with Gasteiger partial charge in [0.1, 0.15) is 12.1 Å². The number of halogens is 2. The van der Waals surface area contributed by atoms with Crippen LogP contribution in [0.1, 0.15) is 24.0 Å². The van der Waals surface area contributed by atoms with Crippen molar-refractivity contribution in [3.8, 4) is 5.75 Å². The van der Waals surface area contributed by atoms with Gasteiger partial charge in [0.25, 0.3) is 0 Å².